The Labute approximate surface area is 287 Å². The van der Waals surface area contributed by atoms with Crippen molar-refractivity contribution >= 4 is 43.6 Å². The molecule has 3 aromatic heterocycles. The van der Waals surface area contributed by atoms with Crippen molar-refractivity contribution < 1.29 is 0 Å². The van der Waals surface area contributed by atoms with E-state index < -0.39 is 0 Å². The van der Waals surface area contributed by atoms with E-state index in [0.717, 1.165) is 71.8 Å². The minimum absolute atomic E-state index is 0.574. The lowest BCUT2D eigenvalue weighted by molar-refractivity contribution is 0.953. The van der Waals surface area contributed by atoms with Crippen LogP contribution in [0.5, 0.6) is 0 Å². The third-order valence-electron chi connectivity index (χ3n) is 9.38. The molecule has 0 bridgehead atoms. The number of hydrogen-bond donors (Lipinski definition) is 0. The van der Waals surface area contributed by atoms with Gasteiger partial charge in [0.2, 0.25) is 5.95 Å². The van der Waals surface area contributed by atoms with Gasteiger partial charge in [0.1, 0.15) is 5.82 Å². The SMILES string of the molecule is c1ccc(-c2nc(-c3ccccc3)nc(-n3c4ccccc4c4c5ccc6nc(-c7ccccc7)n(-c7ccccc7)c6c5ccc43)n2)cc1. The highest BCUT2D eigenvalue weighted by Gasteiger charge is 2.22. The van der Waals surface area contributed by atoms with Gasteiger partial charge in [-0.1, -0.05) is 140 Å². The van der Waals surface area contributed by atoms with Gasteiger partial charge in [0.15, 0.2) is 11.6 Å². The van der Waals surface area contributed by atoms with Crippen LogP contribution in [-0.2, 0) is 0 Å². The van der Waals surface area contributed by atoms with Gasteiger partial charge in [0.25, 0.3) is 0 Å². The quantitative estimate of drug-likeness (QED) is 0.188. The number of nitrogens with zero attached hydrogens (tertiary/aromatic N) is 6. The molecular weight excluding hydrogens is 613 g/mol. The van der Waals surface area contributed by atoms with Crippen LogP contribution in [0.3, 0.4) is 0 Å². The van der Waals surface area contributed by atoms with Gasteiger partial charge in [-0.25, -0.2) is 9.97 Å². The van der Waals surface area contributed by atoms with Crippen molar-refractivity contribution in [2.45, 2.75) is 0 Å². The van der Waals surface area contributed by atoms with Gasteiger partial charge in [-0.3, -0.25) is 9.13 Å². The maximum absolute atomic E-state index is 5.21. The third-order valence-corrected chi connectivity index (χ3v) is 9.38. The van der Waals surface area contributed by atoms with E-state index in [1.54, 1.807) is 0 Å². The van der Waals surface area contributed by atoms with Crippen LogP contribution < -0.4 is 0 Å². The van der Waals surface area contributed by atoms with Crippen molar-refractivity contribution in [3.8, 4) is 45.8 Å². The Morgan fingerprint density at radius 3 is 1.58 bits per heavy atom. The van der Waals surface area contributed by atoms with Crippen molar-refractivity contribution in [1.29, 1.82) is 0 Å². The molecule has 0 spiro atoms. The fraction of sp³-hybridized carbons (Fsp3) is 0. The summed E-state index contributed by atoms with van der Waals surface area (Å²) in [6.07, 6.45) is 0. The van der Waals surface area contributed by atoms with Crippen molar-refractivity contribution in [2.24, 2.45) is 0 Å². The van der Waals surface area contributed by atoms with E-state index in [-0.39, 0.29) is 0 Å². The van der Waals surface area contributed by atoms with Gasteiger partial charge in [0.05, 0.1) is 22.1 Å². The molecule has 0 saturated heterocycles. The second-order valence-electron chi connectivity index (χ2n) is 12.3. The number of benzene rings is 7. The molecule has 10 rings (SSSR count). The molecule has 7 aromatic carbocycles. The average molecular weight is 641 g/mol. The molecule has 0 radical (unpaired) electrons. The molecule has 6 nitrogen and oxygen atoms in total. The van der Waals surface area contributed by atoms with Crippen LogP contribution in [0.2, 0.25) is 0 Å². The number of rotatable bonds is 5. The summed E-state index contributed by atoms with van der Waals surface area (Å²) in [6.45, 7) is 0. The second kappa shape index (κ2) is 11.4. The maximum Gasteiger partial charge on any atom is 0.238 e. The molecule has 0 atom stereocenters. The highest BCUT2D eigenvalue weighted by atomic mass is 15.2. The number of aromatic nitrogens is 6. The summed E-state index contributed by atoms with van der Waals surface area (Å²) in [5.41, 5.74) is 8.07. The van der Waals surface area contributed by atoms with Gasteiger partial charge in [-0.2, -0.15) is 9.97 Å². The molecule has 234 valence electrons. The smallest absolute Gasteiger partial charge is 0.238 e. The van der Waals surface area contributed by atoms with Gasteiger partial charge in [-0.15, -0.1) is 0 Å². The van der Waals surface area contributed by atoms with Crippen LogP contribution in [0.15, 0.2) is 170 Å². The van der Waals surface area contributed by atoms with E-state index in [2.05, 4.69) is 112 Å². The second-order valence-corrected chi connectivity index (χ2v) is 12.3. The number of hydrogen-bond acceptors (Lipinski definition) is 4. The van der Waals surface area contributed by atoms with Gasteiger partial charge in [0, 0.05) is 38.5 Å². The zero-order chi connectivity index (χ0) is 33.0. The Bertz CT molecular complexity index is 2780. The van der Waals surface area contributed by atoms with Gasteiger partial charge in [-0.05, 0) is 35.7 Å². The monoisotopic (exact) mass is 640 g/mol. The van der Waals surface area contributed by atoms with E-state index in [4.69, 9.17) is 19.9 Å². The minimum Gasteiger partial charge on any atom is -0.292 e. The Kier molecular flexibility index (Phi) is 6.39. The van der Waals surface area contributed by atoms with Crippen molar-refractivity contribution in [1.82, 2.24) is 29.1 Å². The first-order valence-electron chi connectivity index (χ1n) is 16.7. The van der Waals surface area contributed by atoms with Crippen molar-refractivity contribution in [2.75, 3.05) is 0 Å². The summed E-state index contributed by atoms with van der Waals surface area (Å²) in [5, 5.41) is 4.54. The van der Waals surface area contributed by atoms with Crippen LogP contribution in [0, 0.1) is 0 Å². The topological polar surface area (TPSA) is 61.4 Å². The summed E-state index contributed by atoms with van der Waals surface area (Å²) in [5.74, 6) is 2.74. The van der Waals surface area contributed by atoms with E-state index in [0.29, 0.717) is 17.6 Å². The van der Waals surface area contributed by atoms with Gasteiger partial charge < -0.3 is 0 Å². The maximum atomic E-state index is 5.21. The van der Waals surface area contributed by atoms with Crippen LogP contribution >= 0.6 is 0 Å². The summed E-state index contributed by atoms with van der Waals surface area (Å²) < 4.78 is 4.47. The molecule has 0 aliphatic rings. The predicted octanol–water partition coefficient (Wildman–Crippen LogP) is 10.5. The first kappa shape index (κ1) is 28.1. The van der Waals surface area contributed by atoms with Crippen LogP contribution in [0.1, 0.15) is 0 Å². The molecule has 10 aromatic rings. The van der Waals surface area contributed by atoms with E-state index in [9.17, 15) is 0 Å². The summed E-state index contributed by atoms with van der Waals surface area (Å²) in [4.78, 5) is 20.4. The molecule has 0 amide bonds. The molecule has 0 aliphatic heterocycles. The zero-order valence-corrected chi connectivity index (χ0v) is 26.8. The van der Waals surface area contributed by atoms with E-state index >= 15 is 0 Å². The molecule has 6 heteroatoms. The van der Waals surface area contributed by atoms with Crippen LogP contribution in [0.4, 0.5) is 0 Å². The first-order valence-corrected chi connectivity index (χ1v) is 16.7. The highest BCUT2D eigenvalue weighted by Crippen LogP contribution is 2.40. The van der Waals surface area contributed by atoms with Crippen LogP contribution in [-0.4, -0.2) is 29.1 Å². The molecule has 0 unspecified atom stereocenters. The number of para-hydroxylation sites is 2. The molecule has 50 heavy (non-hydrogen) atoms. The van der Waals surface area contributed by atoms with E-state index in [1.807, 2.05) is 66.7 Å². The first-order chi connectivity index (χ1) is 24.8. The van der Waals surface area contributed by atoms with Crippen molar-refractivity contribution in [3.05, 3.63) is 170 Å². The lowest BCUT2D eigenvalue weighted by atomic mass is 10.0. The number of fused-ring (bicyclic) bond motifs is 7. The minimum atomic E-state index is 0.574. The van der Waals surface area contributed by atoms with Crippen molar-refractivity contribution in [3.63, 3.8) is 0 Å². The summed E-state index contributed by atoms with van der Waals surface area (Å²) in [6, 6.07) is 58.4. The summed E-state index contributed by atoms with van der Waals surface area (Å²) >= 11 is 0. The highest BCUT2D eigenvalue weighted by molar-refractivity contribution is 6.25. The molecule has 0 fully saturated rings. The molecular formula is C44H28N6. The molecule has 0 aliphatic carbocycles. The lowest BCUT2D eigenvalue weighted by Crippen LogP contribution is -2.06. The Morgan fingerprint density at radius 1 is 0.360 bits per heavy atom. The Balaban J connectivity index is 1.29. The van der Waals surface area contributed by atoms with E-state index in [1.165, 1.54) is 0 Å². The zero-order valence-electron chi connectivity index (χ0n) is 26.8. The third kappa shape index (κ3) is 4.43. The van der Waals surface area contributed by atoms with Gasteiger partial charge >= 0.3 is 0 Å². The summed E-state index contributed by atoms with van der Waals surface area (Å²) in [7, 11) is 0. The fourth-order valence-corrected chi connectivity index (χ4v) is 7.16. The Morgan fingerprint density at radius 2 is 0.920 bits per heavy atom. The lowest BCUT2D eigenvalue weighted by Gasteiger charge is -2.12. The largest absolute Gasteiger partial charge is 0.292 e. The standard InChI is InChI=1S/C44H28N6/c1-5-15-29(16-6-1)41-46-42(30-17-7-2-8-18-30)48-44(47-41)50-37-24-14-13-23-35(37)39-33-25-27-36-40(34(33)26-28-38(39)50)49(32-21-11-4-12-22-32)43(45-36)31-19-9-3-10-20-31/h1-28H. The Hall–Kier alpha value is -6.92. The normalized spacial score (nSPS) is 11.6. The average Bonchev–Trinajstić information content (AvgIpc) is 3.76. The van der Waals surface area contributed by atoms with Crippen LogP contribution in [0.25, 0.3) is 89.4 Å². The fourth-order valence-electron chi connectivity index (χ4n) is 7.16. The molecule has 3 heterocycles. The molecule has 0 saturated carbocycles. The number of imidazole rings is 1. The predicted molar refractivity (Wildman–Crippen MR) is 203 cm³/mol. The molecule has 0 N–H and O–H groups in total.